The number of benzene rings is 2. The molecular formula is C13H3Cl2F5O. The van der Waals surface area contributed by atoms with Crippen molar-refractivity contribution >= 4 is 29.0 Å². The summed E-state index contributed by atoms with van der Waals surface area (Å²) in [6, 6.07) is 3.17. The van der Waals surface area contributed by atoms with Crippen LogP contribution in [0, 0.1) is 29.1 Å². The molecule has 0 aliphatic carbocycles. The van der Waals surface area contributed by atoms with Crippen LogP contribution in [-0.2, 0) is 0 Å². The lowest BCUT2D eigenvalue weighted by Gasteiger charge is -2.08. The van der Waals surface area contributed by atoms with Crippen molar-refractivity contribution in [2.75, 3.05) is 0 Å². The van der Waals surface area contributed by atoms with Gasteiger partial charge in [0.05, 0.1) is 10.0 Å². The second-order valence-corrected chi connectivity index (χ2v) is 4.72. The summed E-state index contributed by atoms with van der Waals surface area (Å²) in [6.45, 7) is 0. The van der Waals surface area contributed by atoms with Crippen molar-refractivity contribution in [3.05, 3.63) is 68.5 Å². The molecule has 0 bridgehead atoms. The van der Waals surface area contributed by atoms with Gasteiger partial charge >= 0.3 is 0 Å². The molecule has 0 heterocycles. The van der Waals surface area contributed by atoms with E-state index in [9.17, 15) is 26.7 Å². The molecule has 110 valence electrons. The van der Waals surface area contributed by atoms with E-state index in [-0.39, 0.29) is 15.6 Å². The number of rotatable bonds is 2. The van der Waals surface area contributed by atoms with Gasteiger partial charge < -0.3 is 0 Å². The lowest BCUT2D eigenvalue weighted by molar-refractivity contribution is 0.102. The average Bonchev–Trinajstić information content (AvgIpc) is 2.46. The van der Waals surface area contributed by atoms with Gasteiger partial charge in [-0.25, -0.2) is 22.0 Å². The Balaban J connectivity index is 2.66. The largest absolute Gasteiger partial charge is 0.288 e. The van der Waals surface area contributed by atoms with Crippen molar-refractivity contribution in [3.63, 3.8) is 0 Å². The summed E-state index contributed by atoms with van der Waals surface area (Å²) >= 11 is 11.2. The van der Waals surface area contributed by atoms with Crippen LogP contribution < -0.4 is 0 Å². The predicted octanol–water partition coefficient (Wildman–Crippen LogP) is 4.92. The van der Waals surface area contributed by atoms with E-state index in [0.29, 0.717) is 0 Å². The maximum absolute atomic E-state index is 13.5. The lowest BCUT2D eigenvalue weighted by atomic mass is 10.0. The molecule has 0 aliphatic rings. The predicted molar refractivity (Wildman–Crippen MR) is 66.1 cm³/mol. The van der Waals surface area contributed by atoms with Crippen LogP contribution in [0.1, 0.15) is 15.9 Å². The maximum atomic E-state index is 13.5. The van der Waals surface area contributed by atoms with Crippen molar-refractivity contribution in [1.29, 1.82) is 0 Å². The average molecular weight is 341 g/mol. The van der Waals surface area contributed by atoms with Crippen LogP contribution in [0.4, 0.5) is 22.0 Å². The molecule has 2 aromatic carbocycles. The molecule has 8 heteroatoms. The molecule has 0 amide bonds. The van der Waals surface area contributed by atoms with Gasteiger partial charge in [-0.05, 0) is 18.2 Å². The number of halogens is 7. The van der Waals surface area contributed by atoms with Gasteiger partial charge in [-0.2, -0.15) is 0 Å². The third-order valence-electron chi connectivity index (χ3n) is 2.62. The van der Waals surface area contributed by atoms with E-state index in [1.165, 1.54) is 0 Å². The van der Waals surface area contributed by atoms with E-state index in [4.69, 9.17) is 23.2 Å². The molecule has 21 heavy (non-hydrogen) atoms. The Morgan fingerprint density at radius 3 is 1.71 bits per heavy atom. The smallest absolute Gasteiger partial charge is 0.200 e. The third kappa shape index (κ3) is 2.61. The quantitative estimate of drug-likeness (QED) is 0.328. The van der Waals surface area contributed by atoms with Gasteiger partial charge in [0.1, 0.15) is 5.56 Å². The first kappa shape index (κ1) is 15.7. The fraction of sp³-hybridized carbons (Fsp3) is 0. The minimum absolute atomic E-state index is 0.0608. The topological polar surface area (TPSA) is 17.1 Å². The van der Waals surface area contributed by atoms with E-state index < -0.39 is 40.4 Å². The first-order valence-corrected chi connectivity index (χ1v) is 6.02. The van der Waals surface area contributed by atoms with Gasteiger partial charge in [-0.3, -0.25) is 4.79 Å². The Labute approximate surface area is 124 Å². The molecule has 0 unspecified atom stereocenters. The van der Waals surface area contributed by atoms with E-state index in [0.717, 1.165) is 18.2 Å². The summed E-state index contributed by atoms with van der Waals surface area (Å²) in [5, 5.41) is -0.0444. The zero-order chi connectivity index (χ0) is 15.9. The fourth-order valence-electron chi connectivity index (χ4n) is 1.59. The molecule has 0 radical (unpaired) electrons. The van der Waals surface area contributed by atoms with Crippen molar-refractivity contribution in [2.45, 2.75) is 0 Å². The molecule has 0 atom stereocenters. The number of carbonyl (C=O) groups is 1. The molecule has 0 N–H and O–H groups in total. The van der Waals surface area contributed by atoms with Crippen LogP contribution in [0.3, 0.4) is 0 Å². The van der Waals surface area contributed by atoms with Crippen LogP contribution in [0.25, 0.3) is 0 Å². The number of ketones is 1. The highest BCUT2D eigenvalue weighted by molar-refractivity contribution is 6.42. The molecule has 0 saturated carbocycles. The Morgan fingerprint density at radius 2 is 1.24 bits per heavy atom. The van der Waals surface area contributed by atoms with Crippen molar-refractivity contribution in [1.82, 2.24) is 0 Å². The standard InChI is InChI=1S/C13H3Cl2F5O/c14-5-2-1-4(3-6(5)15)13(21)7-8(16)10(18)12(20)11(19)9(7)17/h1-3H. The van der Waals surface area contributed by atoms with Crippen molar-refractivity contribution in [2.24, 2.45) is 0 Å². The molecule has 0 aliphatic heterocycles. The zero-order valence-electron chi connectivity index (χ0n) is 9.79. The SMILES string of the molecule is O=C(c1ccc(Cl)c(Cl)c1)c1c(F)c(F)c(F)c(F)c1F. The van der Waals surface area contributed by atoms with Crippen LogP contribution >= 0.6 is 23.2 Å². The van der Waals surface area contributed by atoms with Gasteiger partial charge in [0.25, 0.3) is 0 Å². The summed E-state index contributed by atoms with van der Waals surface area (Å²) in [6.07, 6.45) is 0. The molecular weight excluding hydrogens is 338 g/mol. The Kier molecular flexibility index (Phi) is 4.20. The third-order valence-corrected chi connectivity index (χ3v) is 3.36. The van der Waals surface area contributed by atoms with Gasteiger partial charge in [-0.1, -0.05) is 23.2 Å². The van der Waals surface area contributed by atoms with E-state index >= 15 is 0 Å². The van der Waals surface area contributed by atoms with Gasteiger partial charge in [0.15, 0.2) is 29.1 Å². The van der Waals surface area contributed by atoms with Gasteiger partial charge in [0, 0.05) is 5.56 Å². The highest BCUT2D eigenvalue weighted by Gasteiger charge is 2.30. The van der Waals surface area contributed by atoms with Crippen LogP contribution in [0.15, 0.2) is 18.2 Å². The van der Waals surface area contributed by atoms with Gasteiger partial charge in [-0.15, -0.1) is 0 Å². The molecule has 2 rings (SSSR count). The molecule has 0 saturated heterocycles. The number of hydrogen-bond donors (Lipinski definition) is 0. The minimum atomic E-state index is -2.34. The van der Waals surface area contributed by atoms with Crippen LogP contribution in [-0.4, -0.2) is 5.78 Å². The van der Waals surface area contributed by atoms with E-state index in [1.807, 2.05) is 0 Å². The molecule has 0 aromatic heterocycles. The monoisotopic (exact) mass is 340 g/mol. The van der Waals surface area contributed by atoms with Crippen molar-refractivity contribution < 1.29 is 26.7 Å². The first-order chi connectivity index (χ1) is 9.75. The van der Waals surface area contributed by atoms with Crippen LogP contribution in [0.5, 0.6) is 0 Å². The minimum Gasteiger partial charge on any atom is -0.288 e. The normalized spacial score (nSPS) is 10.8. The molecule has 2 aromatic rings. The highest BCUT2D eigenvalue weighted by atomic mass is 35.5. The highest BCUT2D eigenvalue weighted by Crippen LogP contribution is 2.28. The van der Waals surface area contributed by atoms with Crippen LogP contribution in [0.2, 0.25) is 10.0 Å². The first-order valence-electron chi connectivity index (χ1n) is 5.27. The summed E-state index contributed by atoms with van der Waals surface area (Å²) in [7, 11) is 0. The maximum Gasteiger partial charge on any atom is 0.200 e. The van der Waals surface area contributed by atoms with E-state index in [2.05, 4.69) is 0 Å². The summed E-state index contributed by atoms with van der Waals surface area (Å²) in [5.41, 5.74) is -1.92. The second-order valence-electron chi connectivity index (χ2n) is 3.90. The molecule has 1 nitrogen and oxygen atoms in total. The number of hydrogen-bond acceptors (Lipinski definition) is 1. The summed E-state index contributed by atoms with van der Waals surface area (Å²) in [4.78, 5) is 11.9. The molecule has 0 fully saturated rings. The fourth-order valence-corrected chi connectivity index (χ4v) is 1.88. The van der Waals surface area contributed by atoms with Gasteiger partial charge in [0.2, 0.25) is 5.82 Å². The second kappa shape index (κ2) is 5.61. The Morgan fingerprint density at radius 1 is 0.762 bits per heavy atom. The summed E-state index contributed by atoms with van der Waals surface area (Å²) in [5.74, 6) is -12.5. The zero-order valence-corrected chi connectivity index (χ0v) is 11.3. The summed E-state index contributed by atoms with van der Waals surface area (Å²) < 4.78 is 66.1. The lowest BCUT2D eigenvalue weighted by Crippen LogP contribution is -2.13. The molecule has 0 spiro atoms. The van der Waals surface area contributed by atoms with Crippen molar-refractivity contribution in [3.8, 4) is 0 Å². The number of carbonyl (C=O) groups excluding carboxylic acids is 1. The van der Waals surface area contributed by atoms with E-state index in [1.54, 1.807) is 0 Å². The Bertz CT molecular complexity index is 732. The Hall–Kier alpha value is -1.66.